The molecule has 0 aromatic rings. The van der Waals surface area contributed by atoms with Crippen molar-refractivity contribution in [3.63, 3.8) is 0 Å². The average molecular weight is 307 g/mol. The van der Waals surface area contributed by atoms with Gasteiger partial charge in [-0.1, -0.05) is 6.92 Å². The Morgan fingerprint density at radius 1 is 0.800 bits per heavy atom. The lowest BCUT2D eigenvalue weighted by Crippen LogP contribution is -2.56. The minimum atomic E-state index is -2.83. The molecule has 0 unspecified atom stereocenters. The van der Waals surface area contributed by atoms with Gasteiger partial charge in [-0.05, 0) is 61.8 Å². The predicted molar refractivity (Wildman–Crippen MR) is 84.7 cm³/mol. The second-order valence-corrected chi connectivity index (χ2v) is 8.95. The highest BCUT2D eigenvalue weighted by molar-refractivity contribution is 6.60. The molecule has 0 saturated carbocycles. The van der Waals surface area contributed by atoms with Gasteiger partial charge in [0, 0.05) is 18.3 Å². The van der Waals surface area contributed by atoms with E-state index < -0.39 is 8.80 Å². The van der Waals surface area contributed by atoms with E-state index in [1.165, 1.54) is 0 Å². The van der Waals surface area contributed by atoms with Crippen molar-refractivity contribution in [1.82, 2.24) is 0 Å². The van der Waals surface area contributed by atoms with Crippen LogP contribution in [0.5, 0.6) is 0 Å². The van der Waals surface area contributed by atoms with Crippen LogP contribution in [0.15, 0.2) is 0 Å². The van der Waals surface area contributed by atoms with Crippen molar-refractivity contribution in [2.75, 3.05) is 6.23 Å². The zero-order valence-corrected chi connectivity index (χ0v) is 15.8. The summed E-state index contributed by atoms with van der Waals surface area (Å²) in [6.45, 7) is 18.3. The Morgan fingerprint density at radius 3 is 1.40 bits per heavy atom. The van der Waals surface area contributed by atoms with Crippen LogP contribution >= 0.6 is 0 Å². The highest BCUT2D eigenvalue weighted by Gasteiger charge is 2.46. The summed E-state index contributed by atoms with van der Waals surface area (Å²) in [6.07, 6.45) is 1.47. The first kappa shape index (κ1) is 20.1. The van der Waals surface area contributed by atoms with E-state index >= 15 is 0 Å². The summed E-state index contributed by atoms with van der Waals surface area (Å²) in [7, 11) is -2.83. The van der Waals surface area contributed by atoms with Gasteiger partial charge in [0.05, 0.1) is 5.60 Å². The van der Waals surface area contributed by atoms with Gasteiger partial charge in [-0.15, -0.1) is 0 Å². The Bertz CT molecular complexity index is 238. The fourth-order valence-corrected chi connectivity index (χ4v) is 4.74. The molecule has 0 saturated heterocycles. The van der Waals surface area contributed by atoms with Gasteiger partial charge in [-0.25, -0.2) is 0 Å². The molecule has 0 aliphatic rings. The summed E-state index contributed by atoms with van der Waals surface area (Å²) in [6, 6.07) is 0. The van der Waals surface area contributed by atoms with Crippen LogP contribution in [0.2, 0.25) is 0 Å². The molecule has 0 aromatic heterocycles. The molecule has 4 nitrogen and oxygen atoms in total. The fourth-order valence-electron chi connectivity index (χ4n) is 1.65. The third-order valence-electron chi connectivity index (χ3n) is 2.74. The molecule has 0 heterocycles. The van der Waals surface area contributed by atoms with Gasteiger partial charge in [0.1, 0.15) is 6.23 Å². The monoisotopic (exact) mass is 306 g/mol. The van der Waals surface area contributed by atoms with E-state index in [2.05, 4.69) is 20.8 Å². The fraction of sp³-hybridized carbons (Fsp3) is 1.00. The van der Waals surface area contributed by atoms with Crippen LogP contribution in [0, 0.1) is 0 Å². The van der Waals surface area contributed by atoms with Crippen molar-refractivity contribution in [1.29, 1.82) is 0 Å². The minimum Gasteiger partial charge on any atom is -0.371 e. The van der Waals surface area contributed by atoms with Gasteiger partial charge < -0.3 is 18.0 Å². The zero-order chi connectivity index (χ0) is 16.0. The number of ether oxygens (including phenoxy) is 1. The minimum absolute atomic E-state index is 0.0486. The van der Waals surface area contributed by atoms with Gasteiger partial charge in [0.25, 0.3) is 0 Å². The molecular formula is C15H34O4Si. The van der Waals surface area contributed by atoms with Crippen LogP contribution in [0.1, 0.15) is 68.7 Å². The summed E-state index contributed by atoms with van der Waals surface area (Å²) in [5.74, 6) is 0. The normalized spacial score (nSPS) is 13.8. The first-order valence-corrected chi connectivity index (χ1v) is 9.62. The molecule has 0 bridgehead atoms. The lowest BCUT2D eigenvalue weighted by atomic mass is 10.1. The SMILES string of the molecule is CCC(C)(C)OC[Si](OC(C)C)(OC(C)C)OC(C)C. The quantitative estimate of drug-likeness (QED) is 0.573. The average Bonchev–Trinajstić information content (AvgIpc) is 2.24. The first-order valence-electron chi connectivity index (χ1n) is 7.69. The van der Waals surface area contributed by atoms with E-state index in [1.807, 2.05) is 41.5 Å². The predicted octanol–water partition coefficient (Wildman–Crippen LogP) is 3.94. The lowest BCUT2D eigenvalue weighted by molar-refractivity contribution is -0.0611. The second-order valence-electron chi connectivity index (χ2n) is 6.58. The van der Waals surface area contributed by atoms with Gasteiger partial charge in [0.2, 0.25) is 0 Å². The number of rotatable bonds is 10. The maximum absolute atomic E-state index is 6.07. The lowest BCUT2D eigenvalue weighted by Gasteiger charge is -2.36. The summed E-state index contributed by atoms with van der Waals surface area (Å²) < 4.78 is 24.2. The van der Waals surface area contributed by atoms with Gasteiger partial charge in [-0.3, -0.25) is 0 Å². The number of hydrogen-bond donors (Lipinski definition) is 0. The molecule has 0 N–H and O–H groups in total. The highest BCUT2D eigenvalue weighted by Crippen LogP contribution is 2.22. The summed E-state index contributed by atoms with van der Waals surface area (Å²) in [4.78, 5) is 0. The van der Waals surface area contributed by atoms with E-state index in [1.54, 1.807) is 0 Å². The van der Waals surface area contributed by atoms with Crippen LogP contribution in [0.25, 0.3) is 0 Å². The molecule has 0 amide bonds. The van der Waals surface area contributed by atoms with Gasteiger partial charge in [-0.2, -0.15) is 0 Å². The van der Waals surface area contributed by atoms with Crippen molar-refractivity contribution >= 4 is 8.80 Å². The van der Waals surface area contributed by atoms with Crippen LogP contribution in [-0.4, -0.2) is 38.9 Å². The topological polar surface area (TPSA) is 36.9 Å². The van der Waals surface area contributed by atoms with Crippen molar-refractivity contribution in [2.45, 2.75) is 92.6 Å². The van der Waals surface area contributed by atoms with E-state index in [0.717, 1.165) is 6.42 Å². The van der Waals surface area contributed by atoms with E-state index in [9.17, 15) is 0 Å². The molecule has 5 heteroatoms. The van der Waals surface area contributed by atoms with Crippen molar-refractivity contribution < 1.29 is 18.0 Å². The van der Waals surface area contributed by atoms with E-state index in [-0.39, 0.29) is 23.9 Å². The van der Waals surface area contributed by atoms with Crippen molar-refractivity contribution in [3.8, 4) is 0 Å². The number of hydrogen-bond acceptors (Lipinski definition) is 4. The molecule has 0 aliphatic heterocycles. The second kappa shape index (κ2) is 8.49. The Morgan fingerprint density at radius 2 is 1.15 bits per heavy atom. The Labute approximate surface area is 126 Å². The molecule has 0 spiro atoms. The molecule has 0 aliphatic carbocycles. The van der Waals surface area contributed by atoms with Crippen LogP contribution < -0.4 is 0 Å². The van der Waals surface area contributed by atoms with Gasteiger partial charge >= 0.3 is 8.80 Å². The molecule has 0 rings (SSSR count). The van der Waals surface area contributed by atoms with Crippen LogP contribution in [0.3, 0.4) is 0 Å². The largest absolute Gasteiger partial charge is 0.528 e. The third-order valence-corrected chi connectivity index (χ3v) is 5.73. The van der Waals surface area contributed by atoms with E-state index in [0.29, 0.717) is 6.23 Å². The zero-order valence-electron chi connectivity index (χ0n) is 14.8. The van der Waals surface area contributed by atoms with E-state index in [4.69, 9.17) is 18.0 Å². The molecule has 20 heavy (non-hydrogen) atoms. The first-order chi connectivity index (χ1) is 9.02. The molecule has 0 aromatic carbocycles. The summed E-state index contributed by atoms with van der Waals surface area (Å²) in [5, 5.41) is 0. The summed E-state index contributed by atoms with van der Waals surface area (Å²) >= 11 is 0. The molecule has 0 radical (unpaired) electrons. The summed E-state index contributed by atoms with van der Waals surface area (Å²) in [5.41, 5.74) is -0.195. The smallest absolute Gasteiger partial charge is 0.371 e. The standard InChI is InChI=1S/C15H34O4Si/c1-10-15(8,9)16-11-20(17-12(2)3,18-13(4)5)19-14(6)7/h12-14H,10-11H2,1-9H3. The third kappa shape index (κ3) is 8.37. The maximum Gasteiger partial charge on any atom is 0.528 e. The Hall–Kier alpha value is 0.0569. The van der Waals surface area contributed by atoms with Crippen molar-refractivity contribution in [2.24, 2.45) is 0 Å². The molecule has 122 valence electrons. The molecule has 0 fully saturated rings. The highest BCUT2D eigenvalue weighted by atomic mass is 28.4. The molecule has 0 atom stereocenters. The van der Waals surface area contributed by atoms with Crippen LogP contribution in [-0.2, 0) is 18.0 Å². The van der Waals surface area contributed by atoms with Crippen molar-refractivity contribution in [3.05, 3.63) is 0 Å². The Balaban J connectivity index is 5.04. The Kier molecular flexibility index (Phi) is 8.51. The maximum atomic E-state index is 6.07. The van der Waals surface area contributed by atoms with Crippen LogP contribution in [0.4, 0.5) is 0 Å². The molecular weight excluding hydrogens is 272 g/mol. The van der Waals surface area contributed by atoms with Gasteiger partial charge in [0.15, 0.2) is 0 Å².